The molecule has 0 bridgehead atoms. The third-order valence-electron chi connectivity index (χ3n) is 4.34. The second kappa shape index (κ2) is 10.6. The molecule has 130 valence electrons. The minimum atomic E-state index is 0.842. The lowest BCUT2D eigenvalue weighted by Gasteiger charge is -2.01. The number of anilines is 2. The topological polar surface area (TPSA) is 59.8 Å². The summed E-state index contributed by atoms with van der Waals surface area (Å²) in [5.74, 6) is 0. The first kappa shape index (κ1) is 18.2. The predicted molar refractivity (Wildman–Crippen MR) is 99.0 cm³/mol. The highest BCUT2D eigenvalue weighted by Crippen LogP contribution is 2.09. The maximum atomic E-state index is 5.78. The van der Waals surface area contributed by atoms with E-state index in [-0.39, 0.29) is 0 Å². The highest BCUT2D eigenvalue weighted by Gasteiger charge is 2.02. The van der Waals surface area contributed by atoms with Crippen molar-refractivity contribution in [3.8, 4) is 0 Å². The lowest BCUT2D eigenvalue weighted by molar-refractivity contribution is -0.696. The molecule has 4 heteroatoms. The summed E-state index contributed by atoms with van der Waals surface area (Å²) in [6.45, 7) is 2.14. The monoisotopic (exact) mass is 328 g/mol. The standard InChI is InChI=1S/C20H32N4/c21-19-11-9-15-23(17-19)13-7-5-3-1-2-4-6-8-14-24-16-10-12-20(22)18-24/h9-12,15-18H,1-8,13-14,21-22H2/q+2. The van der Waals surface area contributed by atoms with E-state index in [1.54, 1.807) is 0 Å². The van der Waals surface area contributed by atoms with Gasteiger partial charge in [0.1, 0.15) is 13.1 Å². The SMILES string of the molecule is Nc1ccc[n+](CCCCCCCCCC[n+]2cccc(N)c2)c1. The van der Waals surface area contributed by atoms with E-state index in [1.807, 2.05) is 36.7 Å². The van der Waals surface area contributed by atoms with Crippen molar-refractivity contribution in [2.24, 2.45) is 0 Å². The average Bonchev–Trinajstić information content (AvgIpc) is 2.57. The average molecular weight is 329 g/mol. The number of aryl methyl sites for hydroxylation is 2. The molecule has 2 aromatic rings. The number of nitrogens with two attached hydrogens (primary N) is 2. The molecule has 0 aliphatic carbocycles. The van der Waals surface area contributed by atoms with Crippen molar-refractivity contribution in [2.75, 3.05) is 11.5 Å². The molecular weight excluding hydrogens is 296 g/mol. The third-order valence-corrected chi connectivity index (χ3v) is 4.34. The smallest absolute Gasteiger partial charge is 0.191 e. The molecule has 0 aliphatic rings. The van der Waals surface area contributed by atoms with Crippen LogP contribution >= 0.6 is 0 Å². The number of aromatic nitrogens is 2. The Kier molecular flexibility index (Phi) is 8.08. The number of nitrogens with zero attached hydrogens (tertiary/aromatic N) is 2. The first-order valence-corrected chi connectivity index (χ1v) is 9.23. The summed E-state index contributed by atoms with van der Waals surface area (Å²) in [6, 6.07) is 7.89. The summed E-state index contributed by atoms with van der Waals surface area (Å²) in [5, 5.41) is 0. The van der Waals surface area contributed by atoms with E-state index in [4.69, 9.17) is 11.5 Å². The van der Waals surface area contributed by atoms with Crippen LogP contribution in [0.3, 0.4) is 0 Å². The van der Waals surface area contributed by atoms with Gasteiger partial charge in [0.05, 0.1) is 11.4 Å². The van der Waals surface area contributed by atoms with Crippen LogP contribution in [0.1, 0.15) is 51.4 Å². The third kappa shape index (κ3) is 7.44. The van der Waals surface area contributed by atoms with Gasteiger partial charge in [-0.2, -0.15) is 0 Å². The Hall–Kier alpha value is -2.10. The number of hydrogen-bond donors (Lipinski definition) is 2. The molecule has 24 heavy (non-hydrogen) atoms. The molecule has 0 aromatic carbocycles. The van der Waals surface area contributed by atoms with Crippen LogP contribution in [0.15, 0.2) is 49.1 Å². The van der Waals surface area contributed by atoms with Crippen molar-refractivity contribution in [1.82, 2.24) is 0 Å². The lowest BCUT2D eigenvalue weighted by Crippen LogP contribution is -2.32. The van der Waals surface area contributed by atoms with Gasteiger partial charge in [-0.15, -0.1) is 0 Å². The molecule has 2 rings (SSSR count). The molecule has 0 saturated heterocycles. The fourth-order valence-electron chi connectivity index (χ4n) is 3.01. The fraction of sp³-hybridized carbons (Fsp3) is 0.500. The Morgan fingerprint density at radius 2 is 0.958 bits per heavy atom. The van der Waals surface area contributed by atoms with E-state index in [0.717, 1.165) is 24.5 Å². The summed E-state index contributed by atoms with van der Waals surface area (Å²) >= 11 is 0. The second-order valence-electron chi connectivity index (χ2n) is 6.58. The maximum Gasteiger partial charge on any atom is 0.191 e. The molecule has 2 heterocycles. The fourth-order valence-corrected chi connectivity index (χ4v) is 3.01. The van der Waals surface area contributed by atoms with Crippen LogP contribution in [0.4, 0.5) is 11.4 Å². The Morgan fingerprint density at radius 3 is 1.33 bits per heavy atom. The van der Waals surface area contributed by atoms with Crippen LogP contribution in [0.25, 0.3) is 0 Å². The van der Waals surface area contributed by atoms with E-state index >= 15 is 0 Å². The molecule has 0 fully saturated rings. The Balaban J connectivity index is 1.42. The van der Waals surface area contributed by atoms with Crippen LogP contribution in [-0.2, 0) is 13.1 Å². The maximum absolute atomic E-state index is 5.78. The minimum Gasteiger partial charge on any atom is -0.394 e. The Bertz CT molecular complexity index is 544. The molecule has 0 unspecified atom stereocenters. The van der Waals surface area contributed by atoms with E-state index in [2.05, 4.69) is 21.5 Å². The van der Waals surface area contributed by atoms with E-state index in [0.29, 0.717) is 0 Å². The van der Waals surface area contributed by atoms with Gasteiger partial charge in [0.2, 0.25) is 0 Å². The molecule has 0 spiro atoms. The van der Waals surface area contributed by atoms with Crippen molar-refractivity contribution < 1.29 is 9.13 Å². The molecular formula is C20H32N4+2. The van der Waals surface area contributed by atoms with Gasteiger partial charge < -0.3 is 11.5 Å². The van der Waals surface area contributed by atoms with E-state index in [9.17, 15) is 0 Å². The lowest BCUT2D eigenvalue weighted by atomic mass is 10.1. The van der Waals surface area contributed by atoms with Crippen LogP contribution in [0.2, 0.25) is 0 Å². The molecule has 0 saturated carbocycles. The number of pyridine rings is 2. The van der Waals surface area contributed by atoms with Gasteiger partial charge in [-0.25, -0.2) is 9.13 Å². The van der Waals surface area contributed by atoms with Gasteiger partial charge in [-0.3, -0.25) is 0 Å². The normalized spacial score (nSPS) is 10.8. The van der Waals surface area contributed by atoms with Crippen LogP contribution in [-0.4, -0.2) is 0 Å². The highest BCUT2D eigenvalue weighted by atomic mass is 14.9. The Labute approximate surface area is 146 Å². The zero-order valence-electron chi connectivity index (χ0n) is 14.7. The van der Waals surface area contributed by atoms with Crippen LogP contribution in [0.5, 0.6) is 0 Å². The number of unbranched alkanes of at least 4 members (excludes halogenated alkanes) is 7. The second-order valence-corrected chi connectivity index (χ2v) is 6.58. The zero-order chi connectivity index (χ0) is 17.0. The summed E-state index contributed by atoms with van der Waals surface area (Å²) in [4.78, 5) is 0. The molecule has 0 amide bonds. The number of hydrogen-bond acceptors (Lipinski definition) is 2. The summed E-state index contributed by atoms with van der Waals surface area (Å²) in [7, 11) is 0. The van der Waals surface area contributed by atoms with Crippen molar-refractivity contribution in [3.63, 3.8) is 0 Å². The van der Waals surface area contributed by atoms with Crippen LogP contribution in [0, 0.1) is 0 Å². The largest absolute Gasteiger partial charge is 0.394 e. The van der Waals surface area contributed by atoms with E-state index < -0.39 is 0 Å². The number of rotatable bonds is 11. The van der Waals surface area contributed by atoms with Crippen molar-refractivity contribution >= 4 is 11.4 Å². The highest BCUT2D eigenvalue weighted by molar-refractivity contribution is 5.30. The number of nitrogen functional groups attached to an aromatic ring is 2. The van der Waals surface area contributed by atoms with Gasteiger partial charge in [-0.05, 0) is 25.0 Å². The molecule has 2 aromatic heterocycles. The van der Waals surface area contributed by atoms with Gasteiger partial charge in [0.25, 0.3) is 0 Å². The van der Waals surface area contributed by atoms with E-state index in [1.165, 1.54) is 51.4 Å². The minimum absolute atomic E-state index is 0.842. The molecule has 4 nitrogen and oxygen atoms in total. The molecule has 0 atom stereocenters. The molecule has 4 N–H and O–H groups in total. The zero-order valence-corrected chi connectivity index (χ0v) is 14.7. The first-order valence-electron chi connectivity index (χ1n) is 9.23. The Morgan fingerprint density at radius 1 is 0.583 bits per heavy atom. The van der Waals surface area contributed by atoms with Gasteiger partial charge >= 0.3 is 0 Å². The first-order chi connectivity index (χ1) is 11.7. The van der Waals surface area contributed by atoms with Crippen molar-refractivity contribution in [3.05, 3.63) is 49.1 Å². The summed E-state index contributed by atoms with van der Waals surface area (Å²) in [6.07, 6.45) is 18.7. The molecule has 0 aliphatic heterocycles. The van der Waals surface area contributed by atoms with Gasteiger partial charge in [0, 0.05) is 25.0 Å². The predicted octanol–water partition coefficient (Wildman–Crippen LogP) is 3.25. The molecule has 0 radical (unpaired) electrons. The van der Waals surface area contributed by atoms with Crippen LogP contribution < -0.4 is 20.6 Å². The summed E-state index contributed by atoms with van der Waals surface area (Å²) in [5.41, 5.74) is 13.3. The van der Waals surface area contributed by atoms with Crippen molar-refractivity contribution in [1.29, 1.82) is 0 Å². The van der Waals surface area contributed by atoms with Crippen molar-refractivity contribution in [2.45, 2.75) is 64.5 Å². The summed E-state index contributed by atoms with van der Waals surface area (Å²) < 4.78 is 4.37. The quantitative estimate of drug-likeness (QED) is 0.491. The van der Waals surface area contributed by atoms with Gasteiger partial charge in [0.15, 0.2) is 24.8 Å². The van der Waals surface area contributed by atoms with Gasteiger partial charge in [-0.1, -0.05) is 25.7 Å².